The van der Waals surface area contributed by atoms with Crippen LogP contribution in [-0.2, 0) is 11.3 Å². The molecular weight excluding hydrogens is 428 g/mol. The Morgan fingerprint density at radius 3 is 2.59 bits per heavy atom. The SMILES string of the molecule is NC(=O)c1cc(-c2csc(NC(=O)C3(NC(=O)NCc4ccccc4)CCCC3)n2)c[nH]1. The zero-order chi connectivity index (χ0) is 22.6. The topological polar surface area (TPSA) is 142 Å². The maximum Gasteiger partial charge on any atom is 0.315 e. The molecule has 1 saturated carbocycles. The summed E-state index contributed by atoms with van der Waals surface area (Å²) in [6, 6.07) is 10.8. The van der Waals surface area contributed by atoms with Gasteiger partial charge >= 0.3 is 6.03 Å². The van der Waals surface area contributed by atoms with Crippen molar-refractivity contribution in [3.8, 4) is 11.3 Å². The van der Waals surface area contributed by atoms with Crippen molar-refractivity contribution in [1.82, 2.24) is 20.6 Å². The average molecular weight is 453 g/mol. The number of hydrogen-bond acceptors (Lipinski definition) is 5. The lowest BCUT2D eigenvalue weighted by Crippen LogP contribution is -2.57. The van der Waals surface area contributed by atoms with Crippen molar-refractivity contribution in [1.29, 1.82) is 0 Å². The van der Waals surface area contributed by atoms with Crippen LogP contribution < -0.4 is 21.7 Å². The second-order valence-electron chi connectivity index (χ2n) is 7.74. The molecule has 1 aliphatic rings. The molecule has 0 saturated heterocycles. The predicted molar refractivity (Wildman–Crippen MR) is 122 cm³/mol. The lowest BCUT2D eigenvalue weighted by molar-refractivity contribution is -0.121. The van der Waals surface area contributed by atoms with Gasteiger partial charge in [-0.1, -0.05) is 43.2 Å². The Morgan fingerprint density at radius 2 is 1.91 bits per heavy atom. The van der Waals surface area contributed by atoms with Gasteiger partial charge in [-0.05, 0) is 24.5 Å². The fourth-order valence-electron chi connectivity index (χ4n) is 3.79. The van der Waals surface area contributed by atoms with Gasteiger partial charge in [0.15, 0.2) is 5.13 Å². The molecule has 0 spiro atoms. The number of carbonyl (C=O) groups is 3. The molecule has 1 fully saturated rings. The first kappa shape index (κ1) is 21.6. The summed E-state index contributed by atoms with van der Waals surface area (Å²) in [7, 11) is 0. The first-order valence-corrected chi connectivity index (χ1v) is 11.2. The van der Waals surface area contributed by atoms with Crippen molar-refractivity contribution in [3.05, 3.63) is 59.2 Å². The molecular formula is C22H24N6O3S. The summed E-state index contributed by atoms with van der Waals surface area (Å²) >= 11 is 1.27. The van der Waals surface area contributed by atoms with Crippen LogP contribution in [0.15, 0.2) is 48.0 Å². The second-order valence-corrected chi connectivity index (χ2v) is 8.60. The van der Waals surface area contributed by atoms with Crippen molar-refractivity contribution in [3.63, 3.8) is 0 Å². The number of carbonyl (C=O) groups excluding carboxylic acids is 3. The van der Waals surface area contributed by atoms with Gasteiger partial charge in [-0.3, -0.25) is 14.9 Å². The summed E-state index contributed by atoms with van der Waals surface area (Å²) in [6.45, 7) is 0.379. The minimum atomic E-state index is -0.972. The van der Waals surface area contributed by atoms with E-state index in [1.54, 1.807) is 17.6 Å². The normalized spacial score (nSPS) is 14.6. The Kier molecular flexibility index (Phi) is 6.22. The van der Waals surface area contributed by atoms with Crippen molar-refractivity contribution >= 4 is 34.3 Å². The summed E-state index contributed by atoms with van der Waals surface area (Å²) in [5, 5.41) is 10.8. The highest BCUT2D eigenvalue weighted by atomic mass is 32.1. The molecule has 0 atom stereocenters. The number of benzene rings is 1. The molecule has 4 amide bonds. The molecule has 6 N–H and O–H groups in total. The Bertz CT molecular complexity index is 1120. The lowest BCUT2D eigenvalue weighted by Gasteiger charge is -2.28. The number of nitrogens with zero attached hydrogens (tertiary/aromatic N) is 1. The van der Waals surface area contributed by atoms with E-state index in [2.05, 4.69) is 25.9 Å². The van der Waals surface area contributed by atoms with Crippen molar-refractivity contribution in [2.75, 3.05) is 5.32 Å². The number of H-pyrrole nitrogens is 1. The highest BCUT2D eigenvalue weighted by Crippen LogP contribution is 2.32. The number of urea groups is 1. The van der Waals surface area contributed by atoms with Crippen LogP contribution in [0.25, 0.3) is 11.3 Å². The molecule has 1 aromatic carbocycles. The number of aromatic nitrogens is 2. The molecule has 1 aliphatic carbocycles. The molecule has 32 heavy (non-hydrogen) atoms. The summed E-state index contributed by atoms with van der Waals surface area (Å²) in [5.41, 5.74) is 6.88. The number of amides is 4. The predicted octanol–water partition coefficient (Wildman–Crippen LogP) is 2.99. The number of hydrogen-bond donors (Lipinski definition) is 5. The largest absolute Gasteiger partial charge is 0.364 e. The van der Waals surface area contributed by atoms with Gasteiger partial charge in [-0.2, -0.15) is 0 Å². The molecule has 0 radical (unpaired) electrons. The van der Waals surface area contributed by atoms with E-state index < -0.39 is 11.4 Å². The van der Waals surface area contributed by atoms with Gasteiger partial charge in [-0.15, -0.1) is 11.3 Å². The summed E-state index contributed by atoms with van der Waals surface area (Å²) in [5.74, 6) is -0.836. The zero-order valence-corrected chi connectivity index (χ0v) is 18.1. The van der Waals surface area contributed by atoms with Crippen LogP contribution in [-0.4, -0.2) is 33.4 Å². The van der Waals surface area contributed by atoms with Crippen LogP contribution in [0.3, 0.4) is 0 Å². The van der Waals surface area contributed by atoms with Crippen LogP contribution in [0, 0.1) is 0 Å². The van der Waals surface area contributed by atoms with Gasteiger partial charge in [-0.25, -0.2) is 9.78 Å². The van der Waals surface area contributed by atoms with Crippen molar-refractivity contribution < 1.29 is 14.4 Å². The van der Waals surface area contributed by atoms with Crippen molar-refractivity contribution in [2.24, 2.45) is 5.73 Å². The Balaban J connectivity index is 1.40. The smallest absolute Gasteiger partial charge is 0.315 e. The average Bonchev–Trinajstić information content (AvgIpc) is 3.54. The Labute approximate surface area is 188 Å². The Hall–Kier alpha value is -3.66. The molecule has 2 heterocycles. The summed E-state index contributed by atoms with van der Waals surface area (Å²) < 4.78 is 0. The molecule has 0 unspecified atom stereocenters. The summed E-state index contributed by atoms with van der Waals surface area (Å²) in [4.78, 5) is 44.2. The standard InChI is InChI=1S/C22H24N6O3S/c23-18(29)16-10-15(12-24-16)17-13-32-21(26-17)27-19(30)22(8-4-5-9-22)28-20(31)25-11-14-6-2-1-3-7-14/h1-3,6-7,10,12-13,24H,4-5,8-9,11H2,(H2,23,29)(H2,25,28,31)(H,26,27,30). The molecule has 4 rings (SSSR count). The fourth-order valence-corrected chi connectivity index (χ4v) is 4.51. The number of primary amides is 1. The first-order chi connectivity index (χ1) is 15.4. The van der Waals surface area contributed by atoms with Gasteiger partial charge in [0, 0.05) is 23.7 Å². The van der Waals surface area contributed by atoms with Crippen LogP contribution in [0.4, 0.5) is 9.93 Å². The quantitative estimate of drug-likeness (QED) is 0.376. The maximum absolute atomic E-state index is 13.1. The second kappa shape index (κ2) is 9.23. The van der Waals surface area contributed by atoms with E-state index in [1.165, 1.54) is 11.3 Å². The number of nitrogens with two attached hydrogens (primary N) is 1. The molecule has 0 aliphatic heterocycles. The number of aromatic amines is 1. The maximum atomic E-state index is 13.1. The van der Waals surface area contributed by atoms with E-state index in [1.807, 2.05) is 30.3 Å². The third kappa shape index (κ3) is 4.80. The minimum Gasteiger partial charge on any atom is -0.364 e. The number of rotatable bonds is 7. The third-order valence-corrected chi connectivity index (χ3v) is 6.27. The van der Waals surface area contributed by atoms with Gasteiger partial charge < -0.3 is 21.4 Å². The van der Waals surface area contributed by atoms with Gasteiger partial charge in [0.1, 0.15) is 11.2 Å². The van der Waals surface area contributed by atoms with E-state index in [0.717, 1.165) is 18.4 Å². The molecule has 9 nitrogen and oxygen atoms in total. The molecule has 10 heteroatoms. The Morgan fingerprint density at radius 1 is 1.16 bits per heavy atom. The van der Waals surface area contributed by atoms with Gasteiger partial charge in [0.2, 0.25) is 0 Å². The van der Waals surface area contributed by atoms with E-state index in [-0.39, 0.29) is 17.6 Å². The monoisotopic (exact) mass is 452 g/mol. The molecule has 166 valence electrons. The van der Waals surface area contributed by atoms with E-state index in [0.29, 0.717) is 35.8 Å². The third-order valence-electron chi connectivity index (χ3n) is 5.51. The molecule has 3 aromatic rings. The highest BCUT2D eigenvalue weighted by molar-refractivity contribution is 7.14. The van der Waals surface area contributed by atoms with Crippen LogP contribution in [0.1, 0.15) is 41.7 Å². The number of nitrogens with one attached hydrogen (secondary N) is 4. The van der Waals surface area contributed by atoms with Gasteiger partial charge in [0.05, 0.1) is 5.69 Å². The van der Waals surface area contributed by atoms with Gasteiger partial charge in [0.25, 0.3) is 11.8 Å². The molecule has 0 bridgehead atoms. The molecule has 2 aromatic heterocycles. The number of thiazole rings is 1. The first-order valence-electron chi connectivity index (χ1n) is 10.3. The van der Waals surface area contributed by atoms with E-state index in [9.17, 15) is 14.4 Å². The number of anilines is 1. The zero-order valence-electron chi connectivity index (χ0n) is 17.3. The van der Waals surface area contributed by atoms with Crippen molar-refractivity contribution in [2.45, 2.75) is 37.8 Å². The lowest BCUT2D eigenvalue weighted by atomic mass is 9.96. The van der Waals surface area contributed by atoms with Crippen LogP contribution in [0.2, 0.25) is 0 Å². The van der Waals surface area contributed by atoms with Crippen LogP contribution >= 0.6 is 11.3 Å². The van der Waals surface area contributed by atoms with E-state index >= 15 is 0 Å². The highest BCUT2D eigenvalue weighted by Gasteiger charge is 2.42. The van der Waals surface area contributed by atoms with Crippen LogP contribution in [0.5, 0.6) is 0 Å². The summed E-state index contributed by atoms with van der Waals surface area (Å²) in [6.07, 6.45) is 4.48. The van der Waals surface area contributed by atoms with E-state index in [4.69, 9.17) is 5.73 Å². The minimum absolute atomic E-state index is 0.280. The fraction of sp³-hybridized carbons (Fsp3) is 0.273.